The molecule has 0 saturated heterocycles. The predicted octanol–water partition coefficient (Wildman–Crippen LogP) is 2.01. The van der Waals surface area contributed by atoms with E-state index < -0.39 is 11.0 Å². The molecule has 0 saturated carbocycles. The van der Waals surface area contributed by atoms with E-state index in [-0.39, 0.29) is 11.7 Å². The van der Waals surface area contributed by atoms with E-state index in [1.54, 1.807) is 27.7 Å². The Hall–Kier alpha value is -0.370. The highest BCUT2D eigenvalue weighted by Gasteiger charge is 2.42. The minimum absolute atomic E-state index is 0.0218. The zero-order valence-electron chi connectivity index (χ0n) is 8.93. The molecule has 0 aromatic heterocycles. The van der Waals surface area contributed by atoms with Gasteiger partial charge in [-0.25, -0.2) is 0 Å². The second-order valence-corrected chi connectivity index (χ2v) is 4.70. The van der Waals surface area contributed by atoms with Crippen molar-refractivity contribution >= 4 is 5.78 Å². The van der Waals surface area contributed by atoms with E-state index >= 15 is 0 Å². The number of aliphatic hydroxyl groups is 1. The molecule has 12 heavy (non-hydrogen) atoms. The molecule has 0 fully saturated rings. The molecule has 0 aromatic carbocycles. The van der Waals surface area contributed by atoms with Crippen molar-refractivity contribution in [1.29, 1.82) is 0 Å². The first kappa shape index (κ1) is 11.6. The van der Waals surface area contributed by atoms with E-state index in [0.717, 1.165) is 0 Å². The Morgan fingerprint density at radius 1 is 1.17 bits per heavy atom. The minimum atomic E-state index is -0.950. The average Bonchev–Trinajstić information content (AvgIpc) is 1.83. The van der Waals surface area contributed by atoms with Gasteiger partial charge in [0.25, 0.3) is 0 Å². The summed E-state index contributed by atoms with van der Waals surface area (Å²) < 4.78 is 0. The zero-order chi connectivity index (χ0) is 10.2. The van der Waals surface area contributed by atoms with Crippen LogP contribution in [-0.2, 0) is 4.79 Å². The SMILES string of the molecule is CC(C)C(=O)C(C)(C)C(C)(C)O. The highest BCUT2D eigenvalue weighted by molar-refractivity contribution is 5.86. The van der Waals surface area contributed by atoms with Crippen LogP contribution in [0, 0.1) is 11.3 Å². The first-order valence-electron chi connectivity index (χ1n) is 4.37. The van der Waals surface area contributed by atoms with Gasteiger partial charge in [0, 0.05) is 5.92 Å². The summed E-state index contributed by atoms with van der Waals surface area (Å²) >= 11 is 0. The smallest absolute Gasteiger partial charge is 0.143 e. The number of rotatable bonds is 3. The fourth-order valence-corrected chi connectivity index (χ4v) is 1.02. The van der Waals surface area contributed by atoms with Gasteiger partial charge in [-0.2, -0.15) is 0 Å². The minimum Gasteiger partial charge on any atom is -0.389 e. The maximum Gasteiger partial charge on any atom is 0.143 e. The highest BCUT2D eigenvalue weighted by atomic mass is 16.3. The molecule has 0 unspecified atom stereocenters. The second-order valence-electron chi connectivity index (χ2n) is 4.70. The molecule has 72 valence electrons. The Balaban J connectivity index is 4.74. The predicted molar refractivity (Wildman–Crippen MR) is 49.9 cm³/mol. The summed E-state index contributed by atoms with van der Waals surface area (Å²) in [5, 5.41) is 9.74. The Labute approximate surface area is 75.0 Å². The molecule has 2 heteroatoms. The van der Waals surface area contributed by atoms with Crippen molar-refractivity contribution in [2.45, 2.75) is 47.1 Å². The van der Waals surface area contributed by atoms with Crippen molar-refractivity contribution in [3.8, 4) is 0 Å². The van der Waals surface area contributed by atoms with E-state index in [1.165, 1.54) is 0 Å². The molecule has 0 aliphatic heterocycles. The number of carbonyl (C=O) groups is 1. The van der Waals surface area contributed by atoms with E-state index in [0.29, 0.717) is 0 Å². The van der Waals surface area contributed by atoms with Crippen LogP contribution in [0.3, 0.4) is 0 Å². The largest absolute Gasteiger partial charge is 0.389 e. The summed E-state index contributed by atoms with van der Waals surface area (Å²) in [7, 11) is 0. The van der Waals surface area contributed by atoms with Crippen molar-refractivity contribution in [2.75, 3.05) is 0 Å². The van der Waals surface area contributed by atoms with Crippen LogP contribution in [0.4, 0.5) is 0 Å². The van der Waals surface area contributed by atoms with Crippen LogP contribution < -0.4 is 0 Å². The van der Waals surface area contributed by atoms with Crippen LogP contribution in [0.25, 0.3) is 0 Å². The topological polar surface area (TPSA) is 37.3 Å². The molecule has 0 bridgehead atoms. The molecule has 0 aliphatic carbocycles. The molecular weight excluding hydrogens is 152 g/mol. The number of carbonyl (C=O) groups excluding carboxylic acids is 1. The molecule has 2 nitrogen and oxygen atoms in total. The standard InChI is InChI=1S/C10H20O2/c1-7(2)8(11)9(3,4)10(5,6)12/h7,12H,1-6H3. The molecule has 1 N–H and O–H groups in total. The molecule has 0 heterocycles. The summed E-state index contributed by atoms with van der Waals surface area (Å²) in [4.78, 5) is 11.7. The summed E-state index contributed by atoms with van der Waals surface area (Å²) in [5.74, 6) is 0.0847. The first-order valence-corrected chi connectivity index (χ1v) is 4.37. The number of hydrogen-bond acceptors (Lipinski definition) is 2. The molecular formula is C10H20O2. The van der Waals surface area contributed by atoms with Crippen molar-refractivity contribution in [1.82, 2.24) is 0 Å². The van der Waals surface area contributed by atoms with Gasteiger partial charge in [-0.15, -0.1) is 0 Å². The third kappa shape index (κ3) is 2.07. The second kappa shape index (κ2) is 3.17. The zero-order valence-corrected chi connectivity index (χ0v) is 8.93. The maximum atomic E-state index is 11.7. The molecule has 0 amide bonds. The molecule has 0 rings (SSSR count). The summed E-state index contributed by atoms with van der Waals surface area (Å²) in [6, 6.07) is 0. The van der Waals surface area contributed by atoms with Crippen LogP contribution in [0.2, 0.25) is 0 Å². The van der Waals surface area contributed by atoms with E-state index in [2.05, 4.69) is 0 Å². The van der Waals surface area contributed by atoms with E-state index in [9.17, 15) is 9.90 Å². The molecule has 0 aliphatic rings. The average molecular weight is 172 g/mol. The Kier molecular flexibility index (Phi) is 3.07. The normalized spacial score (nSPS) is 13.7. The van der Waals surface area contributed by atoms with Crippen LogP contribution in [0.1, 0.15) is 41.5 Å². The molecule has 0 atom stereocenters. The van der Waals surface area contributed by atoms with Gasteiger partial charge in [-0.1, -0.05) is 27.7 Å². The van der Waals surface area contributed by atoms with Gasteiger partial charge in [0.15, 0.2) is 0 Å². The van der Waals surface area contributed by atoms with Gasteiger partial charge in [0.1, 0.15) is 5.78 Å². The van der Waals surface area contributed by atoms with Gasteiger partial charge in [-0.3, -0.25) is 4.79 Å². The quantitative estimate of drug-likeness (QED) is 0.707. The molecule has 0 radical (unpaired) electrons. The molecule has 0 aromatic rings. The van der Waals surface area contributed by atoms with Crippen molar-refractivity contribution in [3.05, 3.63) is 0 Å². The Morgan fingerprint density at radius 2 is 1.50 bits per heavy atom. The van der Waals surface area contributed by atoms with Crippen molar-refractivity contribution in [3.63, 3.8) is 0 Å². The lowest BCUT2D eigenvalue weighted by molar-refractivity contribution is -0.143. The van der Waals surface area contributed by atoms with Gasteiger partial charge in [-0.05, 0) is 13.8 Å². The Morgan fingerprint density at radius 3 is 1.58 bits per heavy atom. The number of hydrogen-bond donors (Lipinski definition) is 1. The van der Waals surface area contributed by atoms with Crippen LogP contribution >= 0.6 is 0 Å². The van der Waals surface area contributed by atoms with E-state index in [1.807, 2.05) is 13.8 Å². The van der Waals surface area contributed by atoms with Gasteiger partial charge in [0.05, 0.1) is 11.0 Å². The van der Waals surface area contributed by atoms with Crippen LogP contribution in [0.15, 0.2) is 0 Å². The van der Waals surface area contributed by atoms with Gasteiger partial charge in [0.2, 0.25) is 0 Å². The number of ketones is 1. The third-order valence-corrected chi connectivity index (χ3v) is 2.67. The number of Topliss-reactive ketones (excluding diaryl/α,β-unsaturated/α-hetero) is 1. The molecule has 0 spiro atoms. The van der Waals surface area contributed by atoms with Gasteiger partial charge >= 0.3 is 0 Å². The summed E-state index contributed by atoms with van der Waals surface area (Å²) in [5.41, 5.74) is -1.62. The lowest BCUT2D eigenvalue weighted by atomic mass is 9.71. The lowest BCUT2D eigenvalue weighted by Crippen LogP contribution is -2.46. The highest BCUT2D eigenvalue weighted by Crippen LogP contribution is 2.33. The van der Waals surface area contributed by atoms with Crippen LogP contribution in [0.5, 0.6) is 0 Å². The lowest BCUT2D eigenvalue weighted by Gasteiger charge is -2.36. The Bertz CT molecular complexity index is 173. The fourth-order valence-electron chi connectivity index (χ4n) is 1.02. The van der Waals surface area contributed by atoms with Gasteiger partial charge < -0.3 is 5.11 Å². The van der Waals surface area contributed by atoms with Crippen molar-refractivity contribution < 1.29 is 9.90 Å². The maximum absolute atomic E-state index is 11.7. The monoisotopic (exact) mass is 172 g/mol. The third-order valence-electron chi connectivity index (χ3n) is 2.67. The van der Waals surface area contributed by atoms with E-state index in [4.69, 9.17) is 0 Å². The summed E-state index contributed by atoms with van der Waals surface area (Å²) in [6.45, 7) is 10.6. The van der Waals surface area contributed by atoms with Crippen molar-refractivity contribution in [2.24, 2.45) is 11.3 Å². The first-order chi connectivity index (χ1) is 5.10. The van der Waals surface area contributed by atoms with Crippen LogP contribution in [-0.4, -0.2) is 16.5 Å². The fraction of sp³-hybridized carbons (Fsp3) is 0.900. The summed E-state index contributed by atoms with van der Waals surface area (Å²) in [6.07, 6.45) is 0.